The van der Waals surface area contributed by atoms with Crippen molar-refractivity contribution in [2.45, 2.75) is 75.7 Å². The Morgan fingerprint density at radius 3 is 2.68 bits per heavy atom. The number of nitrogens with zero attached hydrogens (tertiary/aromatic N) is 2. The topological polar surface area (TPSA) is 6.48 Å². The van der Waals surface area contributed by atoms with Gasteiger partial charge in [0.15, 0.2) is 0 Å². The van der Waals surface area contributed by atoms with E-state index in [4.69, 9.17) is 0 Å². The molecule has 2 atom stereocenters. The predicted molar refractivity (Wildman–Crippen MR) is 76.8 cm³/mol. The maximum atomic E-state index is 13.1. The van der Waals surface area contributed by atoms with Crippen LogP contribution in [0.5, 0.6) is 0 Å². The van der Waals surface area contributed by atoms with E-state index in [1.165, 1.54) is 44.3 Å². The summed E-state index contributed by atoms with van der Waals surface area (Å²) in [4.78, 5) is 5.04. The molecule has 1 saturated carbocycles. The smallest absolute Gasteiger partial charge is 0.103 e. The first-order valence-corrected chi connectivity index (χ1v) is 7.95. The molecule has 0 spiro atoms. The molecule has 0 bridgehead atoms. The molecule has 0 radical (unpaired) electrons. The largest absolute Gasteiger partial charge is 0.372 e. The van der Waals surface area contributed by atoms with E-state index in [1.807, 2.05) is 0 Å². The van der Waals surface area contributed by atoms with Crippen LogP contribution in [0.4, 0.5) is 4.39 Å². The van der Waals surface area contributed by atoms with Gasteiger partial charge in [0.1, 0.15) is 6.17 Å². The zero-order chi connectivity index (χ0) is 13.4. The first-order chi connectivity index (χ1) is 9.15. The van der Waals surface area contributed by atoms with Crippen molar-refractivity contribution in [1.82, 2.24) is 9.80 Å². The Hall–Kier alpha value is -0.570. The molecule has 0 aromatic heterocycles. The first-order valence-electron chi connectivity index (χ1n) is 7.95. The molecule has 19 heavy (non-hydrogen) atoms. The van der Waals surface area contributed by atoms with Crippen LogP contribution in [0.1, 0.15) is 51.4 Å². The lowest BCUT2D eigenvalue weighted by Crippen LogP contribution is -2.50. The van der Waals surface area contributed by atoms with E-state index in [1.54, 1.807) is 0 Å². The average molecular weight is 266 g/mol. The Morgan fingerprint density at radius 2 is 1.95 bits per heavy atom. The fraction of sp³-hybridized carbons (Fsp3) is 0.875. The zero-order valence-electron chi connectivity index (χ0n) is 12.2. The van der Waals surface area contributed by atoms with Crippen LogP contribution in [-0.4, -0.2) is 47.7 Å². The number of hydrogen-bond acceptors (Lipinski definition) is 2. The van der Waals surface area contributed by atoms with Crippen LogP contribution in [0.3, 0.4) is 0 Å². The van der Waals surface area contributed by atoms with Crippen molar-refractivity contribution < 1.29 is 4.39 Å². The lowest BCUT2D eigenvalue weighted by atomic mass is 9.86. The normalized spacial score (nSPS) is 39.7. The molecule has 1 aliphatic carbocycles. The predicted octanol–water partition coefficient (Wildman–Crippen LogP) is 3.34. The summed E-state index contributed by atoms with van der Waals surface area (Å²) in [6.45, 7) is 5.47. The van der Waals surface area contributed by atoms with Crippen molar-refractivity contribution >= 4 is 0 Å². The summed E-state index contributed by atoms with van der Waals surface area (Å²) >= 11 is 0. The molecule has 0 N–H and O–H groups in total. The van der Waals surface area contributed by atoms with Gasteiger partial charge in [-0.2, -0.15) is 0 Å². The van der Waals surface area contributed by atoms with Gasteiger partial charge in [0.25, 0.3) is 0 Å². The van der Waals surface area contributed by atoms with Gasteiger partial charge < -0.3 is 9.80 Å². The van der Waals surface area contributed by atoms with Crippen molar-refractivity contribution in [2.24, 2.45) is 0 Å². The van der Waals surface area contributed by atoms with E-state index < -0.39 is 6.17 Å². The summed E-state index contributed by atoms with van der Waals surface area (Å²) in [6.07, 6.45) is 8.51. The van der Waals surface area contributed by atoms with Gasteiger partial charge >= 0.3 is 0 Å². The average Bonchev–Trinajstić information content (AvgIpc) is 2.78. The quantitative estimate of drug-likeness (QED) is 0.756. The standard InChI is InChI=1S/C16H27FN2/c1-12-5-3-6-14(11-15-7-4-8-19(12)15)18(2)16-9-13(17)10-16/h13-16H,1,3-11H2,2H3/t13?,14?,15-,16?/m1/s1. The van der Waals surface area contributed by atoms with Gasteiger partial charge in [-0.05, 0) is 58.4 Å². The number of fused-ring (bicyclic) bond motifs is 1. The maximum Gasteiger partial charge on any atom is 0.103 e. The molecule has 3 fully saturated rings. The molecule has 108 valence electrons. The fourth-order valence-electron chi connectivity index (χ4n) is 4.14. The number of alkyl halides is 1. The lowest BCUT2D eigenvalue weighted by molar-refractivity contribution is 0.0293. The van der Waals surface area contributed by atoms with E-state index in [9.17, 15) is 4.39 Å². The third-order valence-electron chi connectivity index (χ3n) is 5.54. The maximum absolute atomic E-state index is 13.1. The summed E-state index contributed by atoms with van der Waals surface area (Å²) < 4.78 is 13.1. The molecule has 0 aromatic rings. The third kappa shape index (κ3) is 2.67. The highest BCUT2D eigenvalue weighted by atomic mass is 19.1. The summed E-state index contributed by atoms with van der Waals surface area (Å²) in [6, 6.07) is 1.84. The number of rotatable bonds is 2. The molecule has 3 rings (SSSR count). The Morgan fingerprint density at radius 1 is 1.16 bits per heavy atom. The van der Waals surface area contributed by atoms with Crippen LogP contribution < -0.4 is 0 Å². The molecule has 0 amide bonds. The van der Waals surface area contributed by atoms with Crippen LogP contribution >= 0.6 is 0 Å². The summed E-state index contributed by atoms with van der Waals surface area (Å²) in [7, 11) is 2.22. The van der Waals surface area contributed by atoms with Crippen molar-refractivity contribution in [1.29, 1.82) is 0 Å². The number of allylic oxidation sites excluding steroid dienone is 1. The van der Waals surface area contributed by atoms with Gasteiger partial charge in [0, 0.05) is 30.4 Å². The molecule has 1 unspecified atom stereocenters. The van der Waals surface area contributed by atoms with Crippen LogP contribution in [-0.2, 0) is 0 Å². The van der Waals surface area contributed by atoms with Crippen LogP contribution in [0.25, 0.3) is 0 Å². The second kappa shape index (κ2) is 5.43. The second-order valence-electron chi connectivity index (χ2n) is 6.73. The molecular formula is C16H27FN2. The van der Waals surface area contributed by atoms with Crippen LogP contribution in [0.2, 0.25) is 0 Å². The molecule has 2 nitrogen and oxygen atoms in total. The lowest BCUT2D eigenvalue weighted by Gasteiger charge is -2.44. The zero-order valence-corrected chi connectivity index (χ0v) is 12.2. The van der Waals surface area contributed by atoms with E-state index in [0.29, 0.717) is 18.1 Å². The fourth-order valence-corrected chi connectivity index (χ4v) is 4.14. The van der Waals surface area contributed by atoms with E-state index in [2.05, 4.69) is 23.4 Å². The van der Waals surface area contributed by atoms with E-state index >= 15 is 0 Å². The SMILES string of the molecule is C=C1CCCC(N(C)C2CC(F)C2)C[C@H]2CCCN12. The molecule has 0 aromatic carbocycles. The summed E-state index contributed by atoms with van der Waals surface area (Å²) in [5, 5.41) is 0. The molecule has 2 saturated heterocycles. The highest BCUT2D eigenvalue weighted by molar-refractivity contribution is 5.03. The number of hydrogen-bond donors (Lipinski definition) is 0. The van der Waals surface area contributed by atoms with Crippen LogP contribution in [0.15, 0.2) is 12.3 Å². The summed E-state index contributed by atoms with van der Waals surface area (Å²) in [5.41, 5.74) is 1.36. The second-order valence-corrected chi connectivity index (χ2v) is 6.73. The minimum Gasteiger partial charge on any atom is -0.372 e. The monoisotopic (exact) mass is 266 g/mol. The van der Waals surface area contributed by atoms with E-state index in [-0.39, 0.29) is 0 Å². The molecule has 2 heterocycles. The number of halogens is 1. The van der Waals surface area contributed by atoms with Crippen molar-refractivity contribution in [3.63, 3.8) is 0 Å². The molecule has 3 heteroatoms. The third-order valence-corrected chi connectivity index (χ3v) is 5.54. The van der Waals surface area contributed by atoms with Gasteiger partial charge in [-0.15, -0.1) is 0 Å². The van der Waals surface area contributed by atoms with Crippen LogP contribution in [0, 0.1) is 0 Å². The summed E-state index contributed by atoms with van der Waals surface area (Å²) in [5.74, 6) is 0. The minimum atomic E-state index is -0.538. The van der Waals surface area contributed by atoms with Gasteiger partial charge in [0.2, 0.25) is 0 Å². The van der Waals surface area contributed by atoms with Crippen molar-refractivity contribution in [2.75, 3.05) is 13.6 Å². The van der Waals surface area contributed by atoms with Gasteiger partial charge in [-0.1, -0.05) is 6.58 Å². The van der Waals surface area contributed by atoms with Gasteiger partial charge in [-0.3, -0.25) is 0 Å². The van der Waals surface area contributed by atoms with Gasteiger partial charge in [-0.25, -0.2) is 4.39 Å². The Labute approximate surface area is 116 Å². The highest BCUT2D eigenvalue weighted by Crippen LogP contribution is 2.35. The highest BCUT2D eigenvalue weighted by Gasteiger charge is 2.37. The molecular weight excluding hydrogens is 239 g/mol. The Kier molecular flexibility index (Phi) is 3.84. The van der Waals surface area contributed by atoms with Crippen molar-refractivity contribution in [3.8, 4) is 0 Å². The Balaban J connectivity index is 1.63. The van der Waals surface area contributed by atoms with E-state index in [0.717, 1.165) is 19.3 Å². The van der Waals surface area contributed by atoms with Crippen molar-refractivity contribution in [3.05, 3.63) is 12.3 Å². The Bertz CT molecular complexity index is 338. The first kappa shape index (κ1) is 13.4. The van der Waals surface area contributed by atoms with Gasteiger partial charge in [0.05, 0.1) is 0 Å². The molecule has 2 aliphatic heterocycles. The minimum absolute atomic E-state index is 0.498. The molecule has 3 aliphatic rings.